The molecule has 0 aliphatic carbocycles. The van der Waals surface area contributed by atoms with Crippen molar-refractivity contribution in [1.82, 2.24) is 4.98 Å². The summed E-state index contributed by atoms with van der Waals surface area (Å²) in [5, 5.41) is 8.89. The number of sulfonamides is 1. The van der Waals surface area contributed by atoms with Crippen LogP contribution in [0, 0.1) is 11.3 Å². The maximum atomic E-state index is 12.6. The number of pyridine rings is 1. The van der Waals surface area contributed by atoms with Gasteiger partial charge in [0, 0.05) is 19.4 Å². The zero-order valence-corrected chi connectivity index (χ0v) is 12.0. The summed E-state index contributed by atoms with van der Waals surface area (Å²) in [6, 6.07) is 9.74. The van der Waals surface area contributed by atoms with Gasteiger partial charge < -0.3 is 5.43 Å². The summed E-state index contributed by atoms with van der Waals surface area (Å²) < 4.78 is 26.3. The van der Waals surface area contributed by atoms with Gasteiger partial charge in [0.2, 0.25) is 0 Å². The Morgan fingerprint density at radius 3 is 2.81 bits per heavy atom. The van der Waals surface area contributed by atoms with Crippen molar-refractivity contribution in [2.24, 2.45) is 5.84 Å². The molecule has 0 saturated carbocycles. The largest absolute Gasteiger partial charge is 0.323 e. The van der Waals surface area contributed by atoms with E-state index in [1.54, 1.807) is 18.2 Å². The van der Waals surface area contributed by atoms with Crippen LogP contribution in [0.4, 0.5) is 11.4 Å². The fraction of sp³-hybridized carbons (Fsp3) is 0.0769. The van der Waals surface area contributed by atoms with Gasteiger partial charge in [0.1, 0.15) is 4.90 Å². The van der Waals surface area contributed by atoms with Crippen molar-refractivity contribution in [2.75, 3.05) is 16.8 Å². The molecule has 2 rings (SSSR count). The molecule has 1 heterocycles. The molecule has 1 aromatic heterocycles. The first-order valence-corrected chi connectivity index (χ1v) is 7.34. The van der Waals surface area contributed by atoms with Crippen LogP contribution in [-0.2, 0) is 10.0 Å². The predicted octanol–water partition coefficient (Wildman–Crippen LogP) is 1.06. The van der Waals surface area contributed by atoms with Gasteiger partial charge in [-0.05, 0) is 24.3 Å². The van der Waals surface area contributed by atoms with Gasteiger partial charge in [-0.1, -0.05) is 6.07 Å². The first kappa shape index (κ1) is 14.8. The maximum absolute atomic E-state index is 12.6. The second-order valence-corrected chi connectivity index (χ2v) is 6.09. The van der Waals surface area contributed by atoms with Crippen molar-refractivity contribution >= 4 is 21.4 Å². The lowest BCUT2D eigenvalue weighted by Gasteiger charge is -2.20. The van der Waals surface area contributed by atoms with E-state index in [0.29, 0.717) is 11.3 Å². The summed E-state index contributed by atoms with van der Waals surface area (Å²) >= 11 is 0. The Morgan fingerprint density at radius 2 is 2.14 bits per heavy atom. The number of aromatic nitrogens is 1. The number of benzene rings is 1. The van der Waals surface area contributed by atoms with Gasteiger partial charge in [-0.3, -0.25) is 15.1 Å². The number of nitrogens with two attached hydrogens (primary N) is 1. The highest BCUT2D eigenvalue weighted by atomic mass is 32.2. The van der Waals surface area contributed by atoms with Crippen molar-refractivity contribution in [3.05, 3.63) is 48.3 Å². The van der Waals surface area contributed by atoms with Crippen LogP contribution in [0.1, 0.15) is 5.56 Å². The van der Waals surface area contributed by atoms with Crippen LogP contribution in [0.5, 0.6) is 0 Å². The minimum absolute atomic E-state index is 0.0441. The van der Waals surface area contributed by atoms with Gasteiger partial charge in [-0.25, -0.2) is 8.42 Å². The minimum atomic E-state index is -3.84. The standard InChI is InChI=1S/C13H13N5O2S/c1-18(11-4-2-3-10(7-11)8-14)21(19,20)13-9-16-6-5-12(13)17-15/h2-7,9H,15H2,1H3,(H,16,17). The highest BCUT2D eigenvalue weighted by Gasteiger charge is 2.24. The Morgan fingerprint density at radius 1 is 1.38 bits per heavy atom. The molecule has 0 amide bonds. The molecule has 108 valence electrons. The Labute approximate surface area is 122 Å². The number of hydrogen-bond acceptors (Lipinski definition) is 6. The van der Waals surface area contributed by atoms with Gasteiger partial charge in [0.15, 0.2) is 0 Å². The fourth-order valence-corrected chi connectivity index (χ4v) is 3.05. The van der Waals surface area contributed by atoms with E-state index >= 15 is 0 Å². The normalized spacial score (nSPS) is 10.7. The first-order valence-electron chi connectivity index (χ1n) is 5.90. The van der Waals surface area contributed by atoms with E-state index in [0.717, 1.165) is 4.31 Å². The number of anilines is 2. The molecular formula is C13H13N5O2S. The zero-order valence-electron chi connectivity index (χ0n) is 11.2. The molecule has 3 N–H and O–H groups in total. The van der Waals surface area contributed by atoms with Crippen LogP contribution in [0.25, 0.3) is 0 Å². The molecule has 0 saturated heterocycles. The van der Waals surface area contributed by atoms with E-state index in [4.69, 9.17) is 11.1 Å². The van der Waals surface area contributed by atoms with Gasteiger partial charge in [0.05, 0.1) is 23.0 Å². The summed E-state index contributed by atoms with van der Waals surface area (Å²) in [7, 11) is -2.44. The van der Waals surface area contributed by atoms with Crippen molar-refractivity contribution < 1.29 is 8.42 Å². The molecule has 0 unspecified atom stereocenters. The Bertz CT molecular complexity index is 798. The first-order chi connectivity index (χ1) is 10.0. The summed E-state index contributed by atoms with van der Waals surface area (Å²) in [6.07, 6.45) is 2.65. The van der Waals surface area contributed by atoms with Gasteiger partial charge in [0.25, 0.3) is 10.0 Å². The summed E-state index contributed by atoms with van der Waals surface area (Å²) in [5.41, 5.74) is 3.33. The van der Waals surface area contributed by atoms with Crippen molar-refractivity contribution in [3.63, 3.8) is 0 Å². The molecule has 7 nitrogen and oxygen atoms in total. The molecule has 0 spiro atoms. The molecule has 0 atom stereocenters. The fourth-order valence-electron chi connectivity index (χ4n) is 1.76. The smallest absolute Gasteiger partial charge is 0.267 e. The summed E-state index contributed by atoms with van der Waals surface area (Å²) in [6.45, 7) is 0. The monoisotopic (exact) mass is 303 g/mol. The lowest BCUT2D eigenvalue weighted by atomic mass is 10.2. The average molecular weight is 303 g/mol. The van der Waals surface area contributed by atoms with Crippen LogP contribution in [0.15, 0.2) is 47.6 Å². The predicted molar refractivity (Wildman–Crippen MR) is 78.8 cm³/mol. The van der Waals surface area contributed by atoms with Crippen LogP contribution in [0.2, 0.25) is 0 Å². The quantitative estimate of drug-likeness (QED) is 0.645. The molecule has 8 heteroatoms. The Hall–Kier alpha value is -2.63. The molecule has 0 aliphatic heterocycles. The number of nitrogen functional groups attached to an aromatic ring is 1. The van der Waals surface area contributed by atoms with Gasteiger partial charge in [-0.15, -0.1) is 0 Å². The summed E-state index contributed by atoms with van der Waals surface area (Å²) in [4.78, 5) is 3.77. The van der Waals surface area contributed by atoms with Crippen molar-refractivity contribution in [2.45, 2.75) is 4.90 Å². The molecule has 0 radical (unpaired) electrons. The van der Waals surface area contributed by atoms with Gasteiger partial charge in [-0.2, -0.15) is 5.26 Å². The van der Waals surface area contributed by atoms with E-state index in [9.17, 15) is 8.42 Å². The molecule has 2 aromatic rings. The third-order valence-corrected chi connectivity index (χ3v) is 4.73. The van der Waals surface area contributed by atoms with Crippen LogP contribution >= 0.6 is 0 Å². The lowest BCUT2D eigenvalue weighted by Crippen LogP contribution is -2.28. The molecular weight excluding hydrogens is 290 g/mol. The topological polar surface area (TPSA) is 112 Å². The molecule has 21 heavy (non-hydrogen) atoms. The zero-order chi connectivity index (χ0) is 15.5. The number of nitrogens with zero attached hydrogens (tertiary/aromatic N) is 3. The second kappa shape index (κ2) is 5.78. The maximum Gasteiger partial charge on any atom is 0.267 e. The van der Waals surface area contributed by atoms with Crippen LogP contribution in [-0.4, -0.2) is 20.4 Å². The SMILES string of the molecule is CN(c1cccc(C#N)c1)S(=O)(=O)c1cnccc1NN. The van der Waals surface area contributed by atoms with E-state index < -0.39 is 10.0 Å². The third-order valence-electron chi connectivity index (χ3n) is 2.92. The second-order valence-electron chi connectivity index (χ2n) is 4.15. The summed E-state index contributed by atoms with van der Waals surface area (Å²) in [5.74, 6) is 5.33. The van der Waals surface area contributed by atoms with E-state index in [2.05, 4.69) is 10.4 Å². The third kappa shape index (κ3) is 2.79. The van der Waals surface area contributed by atoms with E-state index in [1.165, 1.54) is 31.6 Å². The number of nitriles is 1. The Balaban J connectivity index is 2.50. The van der Waals surface area contributed by atoms with Crippen LogP contribution in [0.3, 0.4) is 0 Å². The number of nitrogens with one attached hydrogen (secondary N) is 1. The highest BCUT2D eigenvalue weighted by Crippen LogP contribution is 2.26. The molecule has 1 aromatic carbocycles. The van der Waals surface area contributed by atoms with E-state index in [1.807, 2.05) is 6.07 Å². The number of rotatable bonds is 4. The van der Waals surface area contributed by atoms with Crippen molar-refractivity contribution in [1.29, 1.82) is 5.26 Å². The van der Waals surface area contributed by atoms with E-state index in [-0.39, 0.29) is 10.6 Å². The van der Waals surface area contributed by atoms with Crippen molar-refractivity contribution in [3.8, 4) is 6.07 Å². The molecule has 0 fully saturated rings. The minimum Gasteiger partial charge on any atom is -0.323 e. The van der Waals surface area contributed by atoms with Crippen LogP contribution < -0.4 is 15.6 Å². The Kier molecular flexibility index (Phi) is 4.07. The van der Waals surface area contributed by atoms with Gasteiger partial charge >= 0.3 is 0 Å². The highest BCUT2D eigenvalue weighted by molar-refractivity contribution is 7.93. The number of hydrogen-bond donors (Lipinski definition) is 2. The molecule has 0 bridgehead atoms. The molecule has 0 aliphatic rings. The average Bonchev–Trinajstić information content (AvgIpc) is 2.54. The number of hydrazine groups is 1. The lowest BCUT2D eigenvalue weighted by molar-refractivity contribution is 0.594.